The summed E-state index contributed by atoms with van der Waals surface area (Å²) in [6.07, 6.45) is 0. The molecule has 0 aliphatic carbocycles. The summed E-state index contributed by atoms with van der Waals surface area (Å²) in [5, 5.41) is 28.3. The van der Waals surface area contributed by atoms with Crippen LogP contribution in [-0.2, 0) is 0 Å². The molecule has 0 unspecified atom stereocenters. The number of hydrogen-bond donors (Lipinski definition) is 0. The van der Waals surface area contributed by atoms with E-state index >= 15 is 0 Å². The molecule has 5 aromatic heterocycles. The SMILES string of the molecule is c1ccc2c(c1)sc1ccc(-n3c4ccccc4c4cc(-c5ccc6c(c5)c5ccccc5c5cc7c(cc65)sc5cc6c8ccc(-c9ccc%10c(c9)c9ccccc9n%10-c9ccc%10sc%11ccccc%11c%10c9)cc8c8ccccc8c6cc57)ccc43)cc12. The summed E-state index contributed by atoms with van der Waals surface area (Å²) in [5.74, 6) is 0. The van der Waals surface area contributed by atoms with Crippen molar-refractivity contribution in [3.8, 4) is 33.6 Å². The van der Waals surface area contributed by atoms with Crippen molar-refractivity contribution in [2.45, 2.75) is 0 Å². The minimum absolute atomic E-state index is 1.19. The van der Waals surface area contributed by atoms with Crippen LogP contribution in [0, 0.1) is 0 Å². The highest BCUT2D eigenvalue weighted by molar-refractivity contribution is 7.26. The molecule has 410 valence electrons. The molecular weight excluding hydrogens is 1130 g/mol. The molecular formula is C84H46N2S3. The quantitative estimate of drug-likeness (QED) is 0.155. The molecule has 5 heteroatoms. The third-order valence-electron chi connectivity index (χ3n) is 19.6. The summed E-state index contributed by atoms with van der Waals surface area (Å²) in [7, 11) is 0. The monoisotopic (exact) mass is 1180 g/mol. The first kappa shape index (κ1) is 48.5. The molecule has 0 spiro atoms. The second-order valence-corrected chi connectivity index (χ2v) is 27.5. The van der Waals surface area contributed by atoms with Crippen LogP contribution in [0.2, 0.25) is 0 Å². The van der Waals surface area contributed by atoms with Crippen molar-refractivity contribution in [1.82, 2.24) is 9.13 Å². The lowest BCUT2D eigenvalue weighted by Crippen LogP contribution is -1.93. The van der Waals surface area contributed by atoms with Crippen LogP contribution in [0.15, 0.2) is 279 Å². The Labute approximate surface area is 520 Å². The van der Waals surface area contributed by atoms with E-state index in [0.29, 0.717) is 0 Å². The van der Waals surface area contributed by atoms with Gasteiger partial charge < -0.3 is 9.13 Å². The van der Waals surface area contributed by atoms with Gasteiger partial charge in [0.2, 0.25) is 0 Å². The molecule has 21 rings (SSSR count). The van der Waals surface area contributed by atoms with Gasteiger partial charge in [-0.3, -0.25) is 0 Å². The van der Waals surface area contributed by atoms with Gasteiger partial charge in [0.05, 0.1) is 22.1 Å². The van der Waals surface area contributed by atoms with Crippen LogP contribution in [0.3, 0.4) is 0 Å². The van der Waals surface area contributed by atoms with Crippen molar-refractivity contribution < 1.29 is 0 Å². The average Bonchev–Trinajstić information content (AvgIpc) is 2.14. The number of aromatic nitrogens is 2. The molecule has 0 atom stereocenters. The van der Waals surface area contributed by atoms with Gasteiger partial charge in [-0.2, -0.15) is 0 Å². The first-order chi connectivity index (χ1) is 44.1. The van der Waals surface area contributed by atoms with Gasteiger partial charge in [0.1, 0.15) is 0 Å². The first-order valence-electron chi connectivity index (χ1n) is 30.5. The van der Waals surface area contributed by atoms with Gasteiger partial charge in [-0.25, -0.2) is 0 Å². The maximum atomic E-state index is 2.50. The lowest BCUT2D eigenvalue weighted by Gasteiger charge is -2.13. The predicted octanol–water partition coefficient (Wildman–Crippen LogP) is 25.2. The molecule has 89 heavy (non-hydrogen) atoms. The van der Waals surface area contributed by atoms with Crippen LogP contribution in [-0.4, -0.2) is 9.13 Å². The number of benzene rings is 16. The van der Waals surface area contributed by atoms with Crippen molar-refractivity contribution in [1.29, 1.82) is 0 Å². The van der Waals surface area contributed by atoms with Gasteiger partial charge >= 0.3 is 0 Å². The Morgan fingerprint density at radius 1 is 0.157 bits per heavy atom. The molecule has 0 N–H and O–H groups in total. The van der Waals surface area contributed by atoms with E-state index in [2.05, 4.69) is 288 Å². The standard InChI is InChI=1S/C84H46N2S3/c1-3-15-55-53(13-1)63-37-47(49-27-33-77-69(39-49)59-17-5-9-21-75(59)85(77)51-29-35-81-71(41-51)61-19-7-11-23-79(61)87-81)25-31-57(63)67-45-83-73(43-65(55)67)74-44-66-56-16-4-2-14-54(56)64-38-48(26-32-58(64)68(66)46-84(74)89-83)50-28-34-78-70(40-50)60-18-6-10-22-76(60)86(78)52-30-36-82-72(42-52)62-20-8-12-24-80(62)88-82/h1-46H. The second kappa shape index (κ2) is 18.0. The zero-order valence-electron chi connectivity index (χ0n) is 47.7. The Hall–Kier alpha value is -10.7. The number of para-hydroxylation sites is 2. The van der Waals surface area contributed by atoms with E-state index in [9.17, 15) is 0 Å². The van der Waals surface area contributed by atoms with E-state index in [-0.39, 0.29) is 0 Å². The summed E-state index contributed by atoms with van der Waals surface area (Å²) >= 11 is 5.66. The number of thiophene rings is 3. The van der Waals surface area contributed by atoms with E-state index in [1.54, 1.807) is 0 Å². The predicted molar refractivity (Wildman–Crippen MR) is 390 cm³/mol. The topological polar surface area (TPSA) is 9.86 Å². The van der Waals surface area contributed by atoms with Gasteiger partial charge in [-0.15, -0.1) is 34.0 Å². The van der Waals surface area contributed by atoms with Crippen molar-refractivity contribution in [2.75, 3.05) is 0 Å². The minimum Gasteiger partial charge on any atom is -0.309 e. The third-order valence-corrected chi connectivity index (χ3v) is 23.1. The largest absolute Gasteiger partial charge is 0.309 e. The molecule has 0 saturated heterocycles. The van der Waals surface area contributed by atoms with Gasteiger partial charge in [0.15, 0.2) is 0 Å². The van der Waals surface area contributed by atoms with Crippen molar-refractivity contribution in [2.24, 2.45) is 0 Å². The van der Waals surface area contributed by atoms with Crippen LogP contribution in [0.25, 0.3) is 202 Å². The molecule has 16 aromatic carbocycles. The van der Waals surface area contributed by atoms with Gasteiger partial charge in [0.25, 0.3) is 0 Å². The summed E-state index contributed by atoms with van der Waals surface area (Å²) in [4.78, 5) is 0. The summed E-state index contributed by atoms with van der Waals surface area (Å²) in [6, 6.07) is 106. The Morgan fingerprint density at radius 2 is 0.449 bits per heavy atom. The number of fused-ring (bicyclic) bond motifs is 27. The van der Waals surface area contributed by atoms with E-state index in [1.165, 1.54) is 202 Å². The van der Waals surface area contributed by atoms with E-state index in [0.717, 1.165) is 0 Å². The van der Waals surface area contributed by atoms with Gasteiger partial charge in [-0.05, 0) is 208 Å². The second-order valence-electron chi connectivity index (χ2n) is 24.2. The molecule has 2 nitrogen and oxygen atoms in total. The van der Waals surface area contributed by atoms with Crippen LogP contribution >= 0.6 is 34.0 Å². The Kier molecular flexibility index (Phi) is 9.79. The minimum atomic E-state index is 1.19. The van der Waals surface area contributed by atoms with Crippen LogP contribution in [0.1, 0.15) is 0 Å². The van der Waals surface area contributed by atoms with E-state index < -0.39 is 0 Å². The highest BCUT2D eigenvalue weighted by Gasteiger charge is 2.21. The van der Waals surface area contributed by atoms with Crippen LogP contribution in [0.5, 0.6) is 0 Å². The average molecular weight is 1180 g/mol. The zero-order valence-corrected chi connectivity index (χ0v) is 50.1. The number of hydrogen-bond acceptors (Lipinski definition) is 3. The number of rotatable bonds is 4. The summed E-state index contributed by atoms with van der Waals surface area (Å²) in [5.41, 5.74) is 12.1. The number of nitrogens with zero attached hydrogens (tertiary/aromatic N) is 2. The Balaban J connectivity index is 0.690. The van der Waals surface area contributed by atoms with Crippen molar-refractivity contribution in [3.63, 3.8) is 0 Å². The maximum absolute atomic E-state index is 2.50. The van der Waals surface area contributed by atoms with Crippen molar-refractivity contribution >= 4 is 203 Å². The molecule has 0 aliphatic heterocycles. The fourth-order valence-corrected chi connectivity index (χ4v) is 18.9. The van der Waals surface area contributed by atoms with Gasteiger partial charge in [-0.1, -0.05) is 158 Å². The molecule has 21 aromatic rings. The lowest BCUT2D eigenvalue weighted by atomic mass is 9.90. The van der Waals surface area contributed by atoms with Crippen LogP contribution in [0.4, 0.5) is 0 Å². The van der Waals surface area contributed by atoms with E-state index in [4.69, 9.17) is 0 Å². The fraction of sp³-hybridized carbons (Fsp3) is 0. The first-order valence-corrected chi connectivity index (χ1v) is 33.0. The Bertz CT molecular complexity index is 6340. The van der Waals surface area contributed by atoms with Crippen LogP contribution < -0.4 is 0 Å². The molecule has 0 amide bonds. The summed E-state index contributed by atoms with van der Waals surface area (Å²) in [6.45, 7) is 0. The molecule has 5 heterocycles. The van der Waals surface area contributed by atoms with Gasteiger partial charge in [0, 0.05) is 93.4 Å². The zero-order chi connectivity index (χ0) is 57.7. The highest BCUT2D eigenvalue weighted by atomic mass is 32.1. The normalized spacial score (nSPS) is 12.5. The lowest BCUT2D eigenvalue weighted by molar-refractivity contribution is 1.19. The molecule has 0 saturated carbocycles. The molecule has 0 fully saturated rings. The Morgan fingerprint density at radius 3 is 0.888 bits per heavy atom. The molecule has 0 radical (unpaired) electrons. The van der Waals surface area contributed by atoms with E-state index in [1.807, 2.05) is 34.0 Å². The summed E-state index contributed by atoms with van der Waals surface area (Å²) < 4.78 is 12.8. The smallest absolute Gasteiger partial charge is 0.0541 e. The van der Waals surface area contributed by atoms with Crippen molar-refractivity contribution in [3.05, 3.63) is 279 Å². The molecule has 0 aliphatic rings. The fourth-order valence-electron chi connectivity index (χ4n) is 15.6. The molecule has 0 bridgehead atoms. The third kappa shape index (κ3) is 6.84. The highest BCUT2D eigenvalue weighted by Crippen LogP contribution is 2.48. The maximum Gasteiger partial charge on any atom is 0.0541 e.